The van der Waals surface area contributed by atoms with Gasteiger partial charge >= 0.3 is 12.1 Å². The van der Waals surface area contributed by atoms with Crippen molar-refractivity contribution in [2.45, 2.75) is 19.8 Å². The molecule has 17 heavy (non-hydrogen) atoms. The van der Waals surface area contributed by atoms with Crippen LogP contribution in [-0.4, -0.2) is 18.7 Å². The van der Waals surface area contributed by atoms with Crippen molar-refractivity contribution in [3.05, 3.63) is 35.9 Å². The zero-order chi connectivity index (χ0) is 11.8. The normalized spacial score (nSPS) is 9.00. The highest BCUT2D eigenvalue weighted by molar-refractivity contribution is 5.85. The maximum atomic E-state index is 11.2. The van der Waals surface area contributed by atoms with Crippen LogP contribution in [0.3, 0.4) is 0 Å². The molecule has 0 saturated carbocycles. The molecule has 0 unspecified atom stereocenters. The van der Waals surface area contributed by atoms with E-state index >= 15 is 0 Å². The van der Waals surface area contributed by atoms with E-state index in [1.807, 2.05) is 30.3 Å². The van der Waals surface area contributed by atoms with Crippen molar-refractivity contribution < 1.29 is 19.1 Å². The standard InChI is InChI=1S/C12H14O4.ClH/c1-2-15-12(14)16-11(13)9-8-10-6-4-3-5-7-10;/h3-7H,2,8-9H2,1H3;1H. The molecule has 1 rings (SSSR count). The number of esters is 1. The van der Waals surface area contributed by atoms with E-state index in [-0.39, 0.29) is 25.4 Å². The molecule has 0 amide bonds. The fourth-order valence-electron chi connectivity index (χ4n) is 1.18. The van der Waals surface area contributed by atoms with Gasteiger partial charge in [0, 0.05) is 0 Å². The van der Waals surface area contributed by atoms with Crippen LogP contribution in [0.5, 0.6) is 0 Å². The van der Waals surface area contributed by atoms with Gasteiger partial charge in [-0.25, -0.2) is 4.79 Å². The molecule has 0 aromatic heterocycles. The molecule has 5 heteroatoms. The minimum absolute atomic E-state index is 0. The molecule has 0 heterocycles. The Morgan fingerprint density at radius 2 is 1.82 bits per heavy atom. The first-order chi connectivity index (χ1) is 7.72. The number of ether oxygens (including phenoxy) is 2. The summed E-state index contributed by atoms with van der Waals surface area (Å²) in [6.45, 7) is 1.85. The van der Waals surface area contributed by atoms with Gasteiger partial charge in [0.1, 0.15) is 0 Å². The summed E-state index contributed by atoms with van der Waals surface area (Å²) in [6.07, 6.45) is -0.206. The molecule has 0 fully saturated rings. The highest BCUT2D eigenvalue weighted by atomic mass is 35.5. The average molecular weight is 259 g/mol. The molecule has 0 aliphatic heterocycles. The largest absolute Gasteiger partial charge is 0.516 e. The minimum Gasteiger partial charge on any atom is -0.434 e. The lowest BCUT2D eigenvalue weighted by atomic mass is 10.1. The molecule has 1 aromatic rings. The molecule has 0 bridgehead atoms. The third kappa shape index (κ3) is 6.58. The van der Waals surface area contributed by atoms with Gasteiger partial charge in [0.2, 0.25) is 0 Å². The van der Waals surface area contributed by atoms with E-state index in [9.17, 15) is 9.59 Å². The Bertz CT molecular complexity index is 351. The zero-order valence-electron chi connectivity index (χ0n) is 9.55. The number of aryl methyl sites for hydroxylation is 1. The van der Waals surface area contributed by atoms with E-state index in [1.165, 1.54) is 0 Å². The third-order valence-corrected chi connectivity index (χ3v) is 1.92. The van der Waals surface area contributed by atoms with Crippen LogP contribution in [0.4, 0.5) is 4.79 Å². The predicted octanol–water partition coefficient (Wildman–Crippen LogP) is 2.74. The van der Waals surface area contributed by atoms with E-state index in [2.05, 4.69) is 9.47 Å². The molecule has 0 aliphatic rings. The van der Waals surface area contributed by atoms with Gasteiger partial charge in [-0.2, -0.15) is 0 Å². The van der Waals surface area contributed by atoms with Crippen LogP contribution in [0.1, 0.15) is 18.9 Å². The van der Waals surface area contributed by atoms with Crippen LogP contribution < -0.4 is 0 Å². The Hall–Kier alpha value is -1.55. The summed E-state index contributed by atoms with van der Waals surface area (Å²) in [4.78, 5) is 22.0. The molecule has 4 nitrogen and oxygen atoms in total. The highest BCUT2D eigenvalue weighted by Crippen LogP contribution is 2.03. The van der Waals surface area contributed by atoms with E-state index in [4.69, 9.17) is 0 Å². The van der Waals surface area contributed by atoms with Gasteiger partial charge in [0.15, 0.2) is 0 Å². The van der Waals surface area contributed by atoms with Gasteiger partial charge < -0.3 is 9.47 Å². The van der Waals surface area contributed by atoms with Crippen LogP contribution in [0.15, 0.2) is 30.3 Å². The lowest BCUT2D eigenvalue weighted by Gasteiger charge is -2.02. The van der Waals surface area contributed by atoms with Crippen LogP contribution in [-0.2, 0) is 20.7 Å². The van der Waals surface area contributed by atoms with E-state index in [1.54, 1.807) is 6.92 Å². The Kier molecular flexibility index (Phi) is 7.80. The van der Waals surface area contributed by atoms with E-state index < -0.39 is 12.1 Å². The van der Waals surface area contributed by atoms with Gasteiger partial charge in [-0.15, -0.1) is 12.4 Å². The number of carbonyl (C=O) groups excluding carboxylic acids is 2. The first-order valence-electron chi connectivity index (χ1n) is 5.13. The van der Waals surface area contributed by atoms with Gasteiger partial charge in [-0.05, 0) is 18.9 Å². The SMILES string of the molecule is CCOC(=O)OC(=O)CCc1ccccc1.Cl. The van der Waals surface area contributed by atoms with Crippen LogP contribution in [0.2, 0.25) is 0 Å². The number of rotatable bonds is 4. The van der Waals surface area contributed by atoms with Crippen molar-refractivity contribution in [3.63, 3.8) is 0 Å². The minimum atomic E-state index is -0.930. The number of benzene rings is 1. The lowest BCUT2D eigenvalue weighted by Crippen LogP contribution is -2.14. The van der Waals surface area contributed by atoms with Crippen molar-refractivity contribution in [2.75, 3.05) is 6.61 Å². The quantitative estimate of drug-likeness (QED) is 0.616. The monoisotopic (exact) mass is 258 g/mol. The molecule has 0 saturated heterocycles. The van der Waals surface area contributed by atoms with E-state index in [0.717, 1.165) is 5.56 Å². The summed E-state index contributed by atoms with van der Waals surface area (Å²) in [7, 11) is 0. The molecule has 0 radical (unpaired) electrons. The van der Waals surface area contributed by atoms with Gasteiger partial charge in [0.25, 0.3) is 0 Å². The molecule has 1 aromatic carbocycles. The van der Waals surface area contributed by atoms with Gasteiger partial charge in [0.05, 0.1) is 13.0 Å². The molecule has 0 N–H and O–H groups in total. The molecule has 0 aliphatic carbocycles. The summed E-state index contributed by atoms with van der Waals surface area (Å²) in [6, 6.07) is 9.52. The van der Waals surface area contributed by atoms with Gasteiger partial charge in [-0.3, -0.25) is 4.79 Å². The Balaban J connectivity index is 0.00000256. The fourth-order valence-corrected chi connectivity index (χ4v) is 1.18. The number of hydrogen-bond acceptors (Lipinski definition) is 4. The second kappa shape index (κ2) is 8.58. The second-order valence-electron chi connectivity index (χ2n) is 3.14. The summed E-state index contributed by atoms with van der Waals surface area (Å²) in [5, 5.41) is 0. The molecule has 0 atom stereocenters. The molecule has 94 valence electrons. The van der Waals surface area contributed by atoms with E-state index in [0.29, 0.717) is 6.42 Å². The Morgan fingerprint density at radius 3 is 2.41 bits per heavy atom. The summed E-state index contributed by atoms with van der Waals surface area (Å²) < 4.78 is 8.90. The van der Waals surface area contributed by atoms with Crippen LogP contribution in [0, 0.1) is 0 Å². The second-order valence-corrected chi connectivity index (χ2v) is 3.14. The molecule has 0 spiro atoms. The van der Waals surface area contributed by atoms with Crippen molar-refractivity contribution in [3.8, 4) is 0 Å². The summed E-state index contributed by atoms with van der Waals surface area (Å²) >= 11 is 0. The maximum absolute atomic E-state index is 11.2. The summed E-state index contributed by atoms with van der Waals surface area (Å²) in [5.41, 5.74) is 1.03. The maximum Gasteiger partial charge on any atom is 0.516 e. The van der Waals surface area contributed by atoms with Crippen molar-refractivity contribution >= 4 is 24.5 Å². The number of carbonyl (C=O) groups is 2. The first-order valence-corrected chi connectivity index (χ1v) is 5.13. The van der Waals surface area contributed by atoms with Crippen molar-refractivity contribution in [2.24, 2.45) is 0 Å². The lowest BCUT2D eigenvalue weighted by molar-refractivity contribution is -0.139. The molecular formula is C12H15ClO4. The number of halogens is 1. The Morgan fingerprint density at radius 1 is 1.18 bits per heavy atom. The van der Waals surface area contributed by atoms with Crippen molar-refractivity contribution in [1.29, 1.82) is 0 Å². The first kappa shape index (κ1) is 15.5. The average Bonchev–Trinajstić information content (AvgIpc) is 2.28. The smallest absolute Gasteiger partial charge is 0.434 e. The van der Waals surface area contributed by atoms with Crippen LogP contribution >= 0.6 is 12.4 Å². The van der Waals surface area contributed by atoms with Crippen molar-refractivity contribution in [1.82, 2.24) is 0 Å². The highest BCUT2D eigenvalue weighted by Gasteiger charge is 2.10. The zero-order valence-corrected chi connectivity index (χ0v) is 10.4. The summed E-state index contributed by atoms with van der Waals surface area (Å²) in [5.74, 6) is -0.567. The Labute approximate surface area is 106 Å². The topological polar surface area (TPSA) is 52.6 Å². The predicted molar refractivity (Wildman–Crippen MR) is 65.1 cm³/mol. The fraction of sp³-hybridized carbons (Fsp3) is 0.333. The number of hydrogen-bond donors (Lipinski definition) is 0. The van der Waals surface area contributed by atoms with Crippen LogP contribution in [0.25, 0.3) is 0 Å². The molecular weight excluding hydrogens is 244 g/mol. The van der Waals surface area contributed by atoms with Gasteiger partial charge in [-0.1, -0.05) is 30.3 Å². The third-order valence-electron chi connectivity index (χ3n) is 1.92.